The summed E-state index contributed by atoms with van der Waals surface area (Å²) in [4.78, 5) is 0. The number of alkyl halides is 3. The molecule has 6 heteroatoms. The van der Waals surface area contributed by atoms with E-state index in [1.54, 1.807) is 6.92 Å². The molecule has 0 radical (unpaired) electrons. The Morgan fingerprint density at radius 2 is 1.82 bits per heavy atom. The number of halogens is 4. The molecule has 1 N–H and O–H groups in total. The normalized spacial score (nSPS) is 14.9. The van der Waals surface area contributed by atoms with E-state index in [2.05, 4.69) is 0 Å². The van der Waals surface area contributed by atoms with Crippen LogP contribution in [0.15, 0.2) is 18.2 Å². The molecule has 0 fully saturated rings. The highest BCUT2D eigenvalue weighted by atomic mass is 19.4. The molecule has 0 amide bonds. The quantitative estimate of drug-likeness (QED) is 0.812. The Labute approximate surface area is 95.9 Å². The lowest BCUT2D eigenvalue weighted by Gasteiger charge is -2.27. The van der Waals surface area contributed by atoms with E-state index in [9.17, 15) is 17.6 Å². The van der Waals surface area contributed by atoms with E-state index in [-0.39, 0.29) is 5.69 Å². The minimum absolute atomic E-state index is 0.0797. The van der Waals surface area contributed by atoms with Crippen LogP contribution >= 0.6 is 0 Å². The lowest BCUT2D eigenvalue weighted by molar-refractivity contribution is -0.158. The zero-order chi connectivity index (χ0) is 13.3. The van der Waals surface area contributed by atoms with Crippen molar-refractivity contribution in [2.24, 2.45) is 0 Å². The molecule has 1 rings (SSSR count). The minimum Gasteiger partial charge on any atom is -0.360 e. The van der Waals surface area contributed by atoms with E-state index in [0.29, 0.717) is 12.5 Å². The van der Waals surface area contributed by atoms with Gasteiger partial charge in [-0.2, -0.15) is 18.4 Å². The first-order valence-corrected chi connectivity index (χ1v) is 4.71. The van der Waals surface area contributed by atoms with Gasteiger partial charge in [0.2, 0.25) is 5.54 Å². The van der Waals surface area contributed by atoms with E-state index in [4.69, 9.17) is 5.26 Å². The fourth-order valence-corrected chi connectivity index (χ4v) is 1.26. The Morgan fingerprint density at radius 1 is 1.24 bits per heavy atom. The highest BCUT2D eigenvalue weighted by Crippen LogP contribution is 2.33. The second-order valence-corrected chi connectivity index (χ2v) is 3.88. The fourth-order valence-electron chi connectivity index (χ4n) is 1.26. The van der Waals surface area contributed by atoms with Gasteiger partial charge in [-0.05, 0) is 37.6 Å². The van der Waals surface area contributed by atoms with Crippen LogP contribution < -0.4 is 5.32 Å². The second kappa shape index (κ2) is 4.24. The average Bonchev–Trinajstić information content (AvgIpc) is 2.13. The Hall–Kier alpha value is -1.77. The van der Waals surface area contributed by atoms with Crippen molar-refractivity contribution in [3.63, 3.8) is 0 Å². The number of aryl methyl sites for hydroxylation is 1. The third-order valence-electron chi connectivity index (χ3n) is 2.23. The smallest absolute Gasteiger partial charge is 0.360 e. The Bertz CT molecular complexity index is 441. The highest BCUT2D eigenvalue weighted by molar-refractivity contribution is 5.50. The van der Waals surface area contributed by atoms with Gasteiger partial charge in [0.1, 0.15) is 11.9 Å². The van der Waals surface area contributed by atoms with Crippen molar-refractivity contribution in [3.8, 4) is 6.07 Å². The van der Waals surface area contributed by atoms with Crippen molar-refractivity contribution in [1.29, 1.82) is 5.26 Å². The van der Waals surface area contributed by atoms with Gasteiger partial charge in [-0.3, -0.25) is 0 Å². The van der Waals surface area contributed by atoms with Crippen LogP contribution in [0.5, 0.6) is 0 Å². The van der Waals surface area contributed by atoms with Crippen molar-refractivity contribution >= 4 is 5.69 Å². The molecule has 0 bridgehead atoms. The maximum absolute atomic E-state index is 13.0. The van der Waals surface area contributed by atoms with Gasteiger partial charge in [-0.25, -0.2) is 4.39 Å². The Morgan fingerprint density at radius 3 is 2.24 bits per heavy atom. The molecule has 0 aliphatic heterocycles. The molecule has 2 nitrogen and oxygen atoms in total. The topological polar surface area (TPSA) is 35.8 Å². The minimum atomic E-state index is -4.75. The molecule has 0 aliphatic carbocycles. The molecule has 1 aromatic carbocycles. The van der Waals surface area contributed by atoms with Gasteiger partial charge in [0, 0.05) is 5.69 Å². The summed E-state index contributed by atoms with van der Waals surface area (Å²) in [5, 5.41) is 10.6. The maximum Gasteiger partial charge on any atom is 0.424 e. The summed E-state index contributed by atoms with van der Waals surface area (Å²) in [5.74, 6) is -0.657. The number of rotatable bonds is 2. The van der Waals surface area contributed by atoms with Crippen LogP contribution in [-0.4, -0.2) is 11.7 Å². The fraction of sp³-hybridized carbons (Fsp3) is 0.364. The lowest BCUT2D eigenvalue weighted by atomic mass is 10.0. The van der Waals surface area contributed by atoms with E-state index in [0.717, 1.165) is 12.1 Å². The molecule has 0 aliphatic rings. The molecule has 92 valence electrons. The van der Waals surface area contributed by atoms with Gasteiger partial charge in [-0.15, -0.1) is 0 Å². The summed E-state index contributed by atoms with van der Waals surface area (Å²) in [6, 6.07) is 4.58. The van der Waals surface area contributed by atoms with Crippen LogP contribution in [0.25, 0.3) is 0 Å². The molecule has 0 saturated carbocycles. The lowest BCUT2D eigenvalue weighted by Crippen LogP contribution is -2.47. The van der Waals surface area contributed by atoms with Crippen LogP contribution in [0.4, 0.5) is 23.2 Å². The van der Waals surface area contributed by atoms with Gasteiger partial charge in [-0.1, -0.05) is 0 Å². The molecule has 0 spiro atoms. The average molecular weight is 246 g/mol. The SMILES string of the molecule is Cc1cc(F)cc(NC(C)(C#N)C(F)(F)F)c1. The van der Waals surface area contributed by atoms with Gasteiger partial charge in [0.05, 0.1) is 0 Å². The van der Waals surface area contributed by atoms with Crippen LogP contribution in [0.1, 0.15) is 12.5 Å². The summed E-state index contributed by atoms with van der Waals surface area (Å²) in [6.45, 7) is 2.25. The van der Waals surface area contributed by atoms with E-state index >= 15 is 0 Å². The van der Waals surface area contributed by atoms with Crippen molar-refractivity contribution < 1.29 is 17.6 Å². The largest absolute Gasteiger partial charge is 0.424 e. The van der Waals surface area contributed by atoms with Crippen molar-refractivity contribution in [2.75, 3.05) is 5.32 Å². The number of anilines is 1. The number of nitriles is 1. The predicted octanol–water partition coefficient (Wildman–Crippen LogP) is 3.39. The van der Waals surface area contributed by atoms with Gasteiger partial charge in [0.15, 0.2) is 0 Å². The summed E-state index contributed by atoms with van der Waals surface area (Å²) >= 11 is 0. The van der Waals surface area contributed by atoms with Crippen molar-refractivity contribution in [3.05, 3.63) is 29.6 Å². The zero-order valence-electron chi connectivity index (χ0n) is 9.19. The van der Waals surface area contributed by atoms with Gasteiger partial charge < -0.3 is 5.32 Å². The first-order valence-electron chi connectivity index (χ1n) is 4.71. The first-order chi connectivity index (χ1) is 7.68. The van der Waals surface area contributed by atoms with Crippen LogP contribution in [0, 0.1) is 24.1 Å². The molecule has 1 unspecified atom stereocenters. The van der Waals surface area contributed by atoms with Crippen molar-refractivity contribution in [2.45, 2.75) is 25.6 Å². The zero-order valence-corrected chi connectivity index (χ0v) is 9.19. The third kappa shape index (κ3) is 2.87. The molecule has 1 aromatic rings. The van der Waals surface area contributed by atoms with Gasteiger partial charge >= 0.3 is 6.18 Å². The molecule has 17 heavy (non-hydrogen) atoms. The molecule has 0 aromatic heterocycles. The van der Waals surface area contributed by atoms with Crippen LogP contribution in [-0.2, 0) is 0 Å². The van der Waals surface area contributed by atoms with E-state index in [1.165, 1.54) is 12.1 Å². The molecule has 0 heterocycles. The highest BCUT2D eigenvalue weighted by Gasteiger charge is 2.52. The number of nitrogens with zero attached hydrogens (tertiary/aromatic N) is 1. The second-order valence-electron chi connectivity index (χ2n) is 3.88. The third-order valence-corrected chi connectivity index (χ3v) is 2.23. The van der Waals surface area contributed by atoms with Gasteiger partial charge in [0.25, 0.3) is 0 Å². The first kappa shape index (κ1) is 13.3. The summed E-state index contributed by atoms with van der Waals surface area (Å²) in [7, 11) is 0. The Balaban J connectivity index is 3.09. The summed E-state index contributed by atoms with van der Waals surface area (Å²) < 4.78 is 50.8. The van der Waals surface area contributed by atoms with E-state index in [1.807, 2.05) is 5.32 Å². The van der Waals surface area contributed by atoms with Crippen LogP contribution in [0.3, 0.4) is 0 Å². The van der Waals surface area contributed by atoms with E-state index < -0.39 is 17.5 Å². The molecular weight excluding hydrogens is 236 g/mol. The monoisotopic (exact) mass is 246 g/mol. The van der Waals surface area contributed by atoms with Crippen LogP contribution in [0.2, 0.25) is 0 Å². The van der Waals surface area contributed by atoms with Crippen molar-refractivity contribution in [1.82, 2.24) is 0 Å². The summed E-state index contributed by atoms with van der Waals surface area (Å²) in [5.41, 5.74) is -2.36. The Kier molecular flexibility index (Phi) is 3.32. The predicted molar refractivity (Wildman–Crippen MR) is 54.8 cm³/mol. The number of hydrogen-bond acceptors (Lipinski definition) is 2. The molecular formula is C11H10F4N2. The molecule has 0 saturated heterocycles. The standard InChI is InChI=1S/C11H10F4N2/c1-7-3-8(12)5-9(4-7)17-10(2,6-16)11(13,14)15/h3-5,17H,1-2H3. The maximum atomic E-state index is 13.0. The summed E-state index contributed by atoms with van der Waals surface area (Å²) in [6.07, 6.45) is -4.75. The number of hydrogen-bond donors (Lipinski definition) is 1. The number of benzene rings is 1. The number of nitrogens with one attached hydrogen (secondary N) is 1. The molecule has 1 atom stereocenters.